The van der Waals surface area contributed by atoms with Gasteiger partial charge in [-0.25, -0.2) is 0 Å². The van der Waals surface area contributed by atoms with Gasteiger partial charge in [0.15, 0.2) is 0 Å². The molecule has 2 fully saturated rings. The van der Waals surface area contributed by atoms with Gasteiger partial charge in [-0.3, -0.25) is 4.90 Å². The molecular formula is C12H24N2O. The Balaban J connectivity index is 1.72. The number of ether oxygens (including phenoxy) is 1. The monoisotopic (exact) mass is 212 g/mol. The first-order valence-corrected chi connectivity index (χ1v) is 6.36. The van der Waals surface area contributed by atoms with Crippen LogP contribution in [-0.4, -0.2) is 50.8 Å². The number of hydrogen-bond acceptors (Lipinski definition) is 3. The average Bonchev–Trinajstić information content (AvgIpc) is 2.32. The Morgan fingerprint density at radius 3 is 2.40 bits per heavy atom. The molecule has 0 spiro atoms. The van der Waals surface area contributed by atoms with Crippen LogP contribution in [0.1, 0.15) is 25.7 Å². The molecule has 88 valence electrons. The van der Waals surface area contributed by atoms with Gasteiger partial charge in [0.2, 0.25) is 0 Å². The molecule has 1 aliphatic heterocycles. The molecule has 0 unspecified atom stereocenters. The Hall–Kier alpha value is -0.120. The highest BCUT2D eigenvalue weighted by Gasteiger charge is 2.26. The largest absolute Gasteiger partial charge is 0.379 e. The first kappa shape index (κ1) is 11.4. The molecule has 1 saturated heterocycles. The van der Waals surface area contributed by atoms with Crippen molar-refractivity contribution in [1.29, 1.82) is 0 Å². The first-order valence-electron chi connectivity index (χ1n) is 6.36. The summed E-state index contributed by atoms with van der Waals surface area (Å²) >= 11 is 0. The van der Waals surface area contributed by atoms with Crippen molar-refractivity contribution < 1.29 is 4.74 Å². The predicted octanol–water partition coefficient (Wildman–Crippen LogP) is 1.10. The summed E-state index contributed by atoms with van der Waals surface area (Å²) in [4.78, 5) is 2.64. The van der Waals surface area contributed by atoms with Crippen LogP contribution in [0.25, 0.3) is 0 Å². The molecule has 0 aromatic heterocycles. The van der Waals surface area contributed by atoms with Crippen molar-refractivity contribution in [3.8, 4) is 0 Å². The fraction of sp³-hybridized carbons (Fsp3) is 1.00. The molecule has 0 radical (unpaired) electrons. The minimum absolute atomic E-state index is 0.849. The summed E-state index contributed by atoms with van der Waals surface area (Å²) in [6.45, 7) is 5.39. The standard InChI is InChI=1S/C12H24N2O/c1-13-10-11-2-4-12(5-3-11)14-6-8-15-9-7-14/h11-13H,2-10H2,1H3. The number of rotatable bonds is 3. The highest BCUT2D eigenvalue weighted by molar-refractivity contribution is 4.81. The third-order valence-corrected chi connectivity index (χ3v) is 3.87. The van der Waals surface area contributed by atoms with E-state index in [1.54, 1.807) is 0 Å². The molecular weight excluding hydrogens is 188 g/mol. The quantitative estimate of drug-likeness (QED) is 0.758. The molecule has 0 amide bonds. The van der Waals surface area contributed by atoms with Crippen LogP contribution in [-0.2, 0) is 4.74 Å². The van der Waals surface area contributed by atoms with Crippen LogP contribution < -0.4 is 5.32 Å². The van der Waals surface area contributed by atoms with E-state index in [9.17, 15) is 0 Å². The van der Waals surface area contributed by atoms with Gasteiger partial charge in [-0.1, -0.05) is 0 Å². The van der Waals surface area contributed by atoms with Gasteiger partial charge in [0.25, 0.3) is 0 Å². The van der Waals surface area contributed by atoms with Crippen LogP contribution >= 0.6 is 0 Å². The van der Waals surface area contributed by atoms with E-state index in [4.69, 9.17) is 4.74 Å². The minimum atomic E-state index is 0.849. The van der Waals surface area contributed by atoms with E-state index in [-0.39, 0.29) is 0 Å². The second kappa shape index (κ2) is 5.83. The van der Waals surface area contributed by atoms with Crippen LogP contribution in [0, 0.1) is 5.92 Å². The van der Waals surface area contributed by atoms with Gasteiger partial charge in [-0.2, -0.15) is 0 Å². The van der Waals surface area contributed by atoms with Crippen LogP contribution in [0.3, 0.4) is 0 Å². The third-order valence-electron chi connectivity index (χ3n) is 3.87. The van der Waals surface area contributed by atoms with Crippen molar-refractivity contribution >= 4 is 0 Å². The lowest BCUT2D eigenvalue weighted by atomic mass is 9.85. The highest BCUT2D eigenvalue weighted by Crippen LogP contribution is 2.27. The number of hydrogen-bond donors (Lipinski definition) is 1. The summed E-state index contributed by atoms with van der Waals surface area (Å²) in [7, 11) is 2.06. The summed E-state index contributed by atoms with van der Waals surface area (Å²) in [5.74, 6) is 0.923. The normalized spacial score (nSPS) is 34.2. The van der Waals surface area contributed by atoms with Gasteiger partial charge in [0, 0.05) is 19.1 Å². The molecule has 0 bridgehead atoms. The van der Waals surface area contributed by atoms with Crippen LogP contribution in [0.2, 0.25) is 0 Å². The van der Waals surface area contributed by atoms with Gasteiger partial charge in [-0.15, -0.1) is 0 Å². The summed E-state index contributed by atoms with van der Waals surface area (Å²) in [5, 5.41) is 3.30. The molecule has 2 rings (SSSR count). The Bertz CT molecular complexity index is 172. The lowest BCUT2D eigenvalue weighted by Gasteiger charge is -2.38. The van der Waals surface area contributed by atoms with E-state index in [1.807, 2.05) is 0 Å². The van der Waals surface area contributed by atoms with Gasteiger partial charge in [-0.05, 0) is 45.2 Å². The van der Waals surface area contributed by atoms with Gasteiger partial charge >= 0.3 is 0 Å². The van der Waals surface area contributed by atoms with Crippen molar-refractivity contribution in [2.75, 3.05) is 39.9 Å². The zero-order chi connectivity index (χ0) is 10.5. The zero-order valence-electron chi connectivity index (χ0n) is 9.87. The molecule has 1 saturated carbocycles. The van der Waals surface area contributed by atoms with Crippen molar-refractivity contribution in [2.45, 2.75) is 31.7 Å². The fourth-order valence-corrected chi connectivity index (χ4v) is 2.95. The Labute approximate surface area is 93.2 Å². The second-order valence-corrected chi connectivity index (χ2v) is 4.88. The molecule has 3 heteroatoms. The topological polar surface area (TPSA) is 24.5 Å². The third kappa shape index (κ3) is 3.16. The lowest BCUT2D eigenvalue weighted by molar-refractivity contribution is 0.00504. The SMILES string of the molecule is CNCC1CCC(N2CCOCC2)CC1. The number of nitrogens with zero attached hydrogens (tertiary/aromatic N) is 1. The maximum absolute atomic E-state index is 5.40. The van der Waals surface area contributed by atoms with Crippen molar-refractivity contribution in [3.63, 3.8) is 0 Å². The van der Waals surface area contributed by atoms with E-state index in [2.05, 4.69) is 17.3 Å². The summed E-state index contributed by atoms with van der Waals surface area (Å²) in [5.41, 5.74) is 0. The second-order valence-electron chi connectivity index (χ2n) is 4.88. The maximum Gasteiger partial charge on any atom is 0.0594 e. The van der Waals surface area contributed by atoms with E-state index < -0.39 is 0 Å². The first-order chi connectivity index (χ1) is 7.40. The molecule has 0 aromatic carbocycles. The highest BCUT2D eigenvalue weighted by atomic mass is 16.5. The minimum Gasteiger partial charge on any atom is -0.379 e. The Kier molecular flexibility index (Phi) is 4.42. The van der Waals surface area contributed by atoms with Gasteiger partial charge in [0.1, 0.15) is 0 Å². The van der Waals surface area contributed by atoms with Crippen LogP contribution in [0.15, 0.2) is 0 Å². The van der Waals surface area contributed by atoms with Gasteiger partial charge < -0.3 is 10.1 Å². The Morgan fingerprint density at radius 1 is 1.13 bits per heavy atom. The summed E-state index contributed by atoms with van der Waals surface area (Å²) in [6.07, 6.45) is 5.60. The Morgan fingerprint density at radius 2 is 1.80 bits per heavy atom. The summed E-state index contributed by atoms with van der Waals surface area (Å²) < 4.78 is 5.40. The maximum atomic E-state index is 5.40. The van der Waals surface area contributed by atoms with Gasteiger partial charge in [0.05, 0.1) is 13.2 Å². The number of nitrogens with one attached hydrogen (secondary N) is 1. The van der Waals surface area contributed by atoms with E-state index >= 15 is 0 Å². The molecule has 1 N–H and O–H groups in total. The van der Waals surface area contributed by atoms with E-state index in [1.165, 1.54) is 32.2 Å². The lowest BCUT2D eigenvalue weighted by Crippen LogP contribution is -2.45. The average molecular weight is 212 g/mol. The fourth-order valence-electron chi connectivity index (χ4n) is 2.95. The van der Waals surface area contributed by atoms with Crippen molar-refractivity contribution in [3.05, 3.63) is 0 Å². The van der Waals surface area contributed by atoms with Crippen LogP contribution in [0.4, 0.5) is 0 Å². The molecule has 1 heterocycles. The van der Waals surface area contributed by atoms with Crippen LogP contribution in [0.5, 0.6) is 0 Å². The molecule has 0 atom stereocenters. The molecule has 2 aliphatic rings. The molecule has 15 heavy (non-hydrogen) atoms. The number of morpholine rings is 1. The van der Waals surface area contributed by atoms with E-state index in [0.29, 0.717) is 0 Å². The zero-order valence-corrected chi connectivity index (χ0v) is 9.87. The van der Waals surface area contributed by atoms with Crippen molar-refractivity contribution in [2.24, 2.45) is 5.92 Å². The van der Waals surface area contributed by atoms with E-state index in [0.717, 1.165) is 38.3 Å². The van der Waals surface area contributed by atoms with Crippen molar-refractivity contribution in [1.82, 2.24) is 10.2 Å². The summed E-state index contributed by atoms with van der Waals surface area (Å²) in [6, 6.07) is 0.849. The molecule has 3 nitrogen and oxygen atoms in total. The smallest absolute Gasteiger partial charge is 0.0594 e. The molecule has 0 aromatic rings. The molecule has 1 aliphatic carbocycles. The predicted molar refractivity (Wildman–Crippen MR) is 62.1 cm³/mol.